The maximum absolute atomic E-state index is 14.7. The topological polar surface area (TPSA) is 330 Å². The standard InChI is InChI=1S/C75H109F8N13O13/c1-15-42(8)63(94(12)72(103)61(40(4)5)92-71-66(108-71)62(41(6)7)93(10)11)51(106-13)37-54(98)96-33-19-23-50(96)64(107-14)43(9)67(99)90-49(36-47-21-16-17-30-85-47)68(100)87-38-44-25-27-46(28-26-44)88-69(101)48(22-18-31-86-74(84)105)89-70(102)60(39(2)3)91-53(97)24-20-32-95-34-29-45(35-52(95)75(81,82)83)73(104)109-65-58(79)56(77)55(76)57(78)59(65)80/h16-17,21,25-28,30,39-43,45,48-52,60-64,66,71,92H,15,18-20,22-24,29,31-38H2,1-14H3,(H,87,100)(H,88,101)(H,89,102)(H,90,99)(H,91,97)(H3,84,86,105)/t42-,43+,45?,48-,49-,50-,51+,52?,60-,61-,62-,63-,64+,66?,71?/m0/s1. The van der Waals surface area contributed by atoms with Crippen LogP contribution in [0.5, 0.6) is 5.75 Å². The van der Waals surface area contributed by atoms with Gasteiger partial charge in [-0.15, -0.1) is 0 Å². The summed E-state index contributed by atoms with van der Waals surface area (Å²) in [5.74, 6) is -22.7. The number of carbonyl (C=O) groups excluding carboxylic acids is 9. The molecule has 15 atom stereocenters. The fourth-order valence-corrected chi connectivity index (χ4v) is 14.5. The van der Waals surface area contributed by atoms with Crippen LogP contribution in [0, 0.1) is 64.6 Å². The SMILES string of the molecule is CC[C@H](C)[C@@H]([C@@H](CC(=O)N1CCC[C@H]1[C@H](OC)[C@@H](C)C(=O)N[C@@H](Cc1ccccn1)C(=O)NCc1ccc(NC(=O)[C@H](CCCNC(N)=O)NC(=O)[C@@H](NC(=O)CCCN2CCC(C(=O)Oc3c(F)c(F)c(F)c(F)c3F)CC2C(F)(F)F)C(C)C)cc1)OC)N(C)C(=O)[C@@H](NC1OC1[C@H](C(C)C)N(C)C)C(C)C. The second kappa shape index (κ2) is 41.2. The average molecular weight is 1550 g/mol. The van der Waals surface area contributed by atoms with Crippen molar-refractivity contribution in [1.29, 1.82) is 0 Å². The normalized spacial score (nSPS) is 20.2. The van der Waals surface area contributed by atoms with Crippen molar-refractivity contribution in [3.8, 4) is 5.75 Å². The molecule has 9 amide bonds. The number of likely N-dealkylation sites (tertiary alicyclic amines) is 2. The van der Waals surface area contributed by atoms with E-state index < -0.39 is 174 Å². The number of rotatable bonds is 40. The van der Waals surface area contributed by atoms with Crippen LogP contribution in [-0.4, -0.2) is 219 Å². The number of halogens is 8. The Morgan fingerprint density at radius 2 is 1.38 bits per heavy atom. The zero-order valence-electron chi connectivity index (χ0n) is 64.5. The van der Waals surface area contributed by atoms with E-state index in [4.69, 9.17) is 19.9 Å². The van der Waals surface area contributed by atoms with Crippen LogP contribution in [0.3, 0.4) is 0 Å². The van der Waals surface area contributed by atoms with Gasteiger partial charge < -0.3 is 71.3 Å². The van der Waals surface area contributed by atoms with E-state index in [9.17, 15) is 78.3 Å². The van der Waals surface area contributed by atoms with Crippen LogP contribution in [0.15, 0.2) is 48.7 Å². The molecule has 34 heteroatoms. The summed E-state index contributed by atoms with van der Waals surface area (Å²) in [5.41, 5.74) is 6.57. The Morgan fingerprint density at radius 1 is 0.734 bits per heavy atom. The number of nitrogens with one attached hydrogen (secondary N) is 7. The second-order valence-electron chi connectivity index (χ2n) is 29.7. The van der Waals surface area contributed by atoms with Crippen molar-refractivity contribution < 1.29 is 97.2 Å². The first-order valence-electron chi connectivity index (χ1n) is 37.1. The lowest BCUT2D eigenvalue weighted by Gasteiger charge is -2.41. The van der Waals surface area contributed by atoms with Crippen LogP contribution in [0.1, 0.15) is 138 Å². The summed E-state index contributed by atoms with van der Waals surface area (Å²) in [6, 6.07) is 3.08. The quantitative estimate of drug-likeness (QED) is 0.00540. The highest BCUT2D eigenvalue weighted by Gasteiger charge is 2.51. The van der Waals surface area contributed by atoms with Gasteiger partial charge in [0, 0.05) is 77.4 Å². The summed E-state index contributed by atoms with van der Waals surface area (Å²) in [5, 5.41) is 19.7. The third-order valence-electron chi connectivity index (χ3n) is 20.7. The minimum atomic E-state index is -4.99. The molecule has 109 heavy (non-hydrogen) atoms. The Balaban J connectivity index is 1.05. The van der Waals surface area contributed by atoms with E-state index in [1.54, 1.807) is 74.1 Å². The second-order valence-corrected chi connectivity index (χ2v) is 29.7. The van der Waals surface area contributed by atoms with E-state index >= 15 is 0 Å². The Bertz CT molecular complexity index is 3530. The number of primary amides is 1. The van der Waals surface area contributed by atoms with Gasteiger partial charge in [-0.2, -0.15) is 22.0 Å². The number of esters is 1. The van der Waals surface area contributed by atoms with Gasteiger partial charge in [-0.25, -0.2) is 18.0 Å². The number of pyridine rings is 1. The Kier molecular flexibility index (Phi) is 33.9. The van der Waals surface area contributed by atoms with E-state index in [0.29, 0.717) is 43.0 Å². The smallest absolute Gasteiger partial charge is 0.404 e. The molecule has 4 unspecified atom stereocenters. The molecule has 3 fully saturated rings. The minimum absolute atomic E-state index is 0.00339. The number of benzene rings is 2. The lowest BCUT2D eigenvalue weighted by atomic mass is 9.89. The Morgan fingerprint density at radius 3 is 1.94 bits per heavy atom. The van der Waals surface area contributed by atoms with E-state index in [1.165, 1.54) is 26.4 Å². The molecule has 3 aromatic rings. The highest BCUT2D eigenvalue weighted by molar-refractivity contribution is 5.98. The first-order chi connectivity index (χ1) is 51.3. The monoisotopic (exact) mass is 1550 g/mol. The fourth-order valence-electron chi connectivity index (χ4n) is 14.5. The van der Waals surface area contributed by atoms with Crippen LogP contribution >= 0.6 is 0 Å². The molecule has 3 saturated heterocycles. The van der Waals surface area contributed by atoms with Crippen molar-refractivity contribution in [3.63, 3.8) is 0 Å². The largest absolute Gasteiger partial charge is 0.420 e. The number of piperidine rings is 1. The zero-order chi connectivity index (χ0) is 81.0. The van der Waals surface area contributed by atoms with Gasteiger partial charge in [0.1, 0.15) is 36.5 Å². The summed E-state index contributed by atoms with van der Waals surface area (Å²) in [7, 11) is 8.80. The number of aromatic nitrogens is 1. The zero-order valence-corrected chi connectivity index (χ0v) is 64.5. The minimum Gasteiger partial charge on any atom is -0.420 e. The number of likely N-dealkylation sites (N-methyl/N-ethyl adjacent to an activating group) is 2. The van der Waals surface area contributed by atoms with Crippen molar-refractivity contribution in [2.75, 3.05) is 66.9 Å². The molecule has 4 heterocycles. The molecule has 26 nitrogen and oxygen atoms in total. The number of carbonyl (C=O) groups is 9. The van der Waals surface area contributed by atoms with Crippen molar-refractivity contribution >= 4 is 59.0 Å². The molecule has 2 aromatic carbocycles. The first-order valence-corrected chi connectivity index (χ1v) is 37.1. The number of ether oxygens (including phenoxy) is 4. The molecular weight excluding hydrogens is 1440 g/mol. The molecule has 1 aromatic heterocycles. The summed E-state index contributed by atoms with van der Waals surface area (Å²) in [4.78, 5) is 135. The summed E-state index contributed by atoms with van der Waals surface area (Å²) in [6.07, 6.45) is -5.51. The lowest BCUT2D eigenvalue weighted by molar-refractivity contribution is -0.197. The fraction of sp³-hybridized carbons (Fsp3) is 0.653. The predicted molar refractivity (Wildman–Crippen MR) is 386 cm³/mol. The highest BCUT2D eigenvalue weighted by Crippen LogP contribution is 2.38. The van der Waals surface area contributed by atoms with Gasteiger partial charge in [-0.05, 0) is 126 Å². The third kappa shape index (κ3) is 24.7. The van der Waals surface area contributed by atoms with Crippen molar-refractivity contribution in [3.05, 3.63) is 89.0 Å². The van der Waals surface area contributed by atoms with Gasteiger partial charge in [0.25, 0.3) is 0 Å². The van der Waals surface area contributed by atoms with Gasteiger partial charge in [-0.3, -0.25) is 53.6 Å². The van der Waals surface area contributed by atoms with Crippen LogP contribution in [0.4, 0.5) is 45.6 Å². The highest BCUT2D eigenvalue weighted by atomic mass is 19.4. The summed E-state index contributed by atoms with van der Waals surface area (Å²) in [6.45, 7) is 16.7. The number of urea groups is 1. The molecule has 3 aliphatic rings. The van der Waals surface area contributed by atoms with Crippen molar-refractivity contribution in [1.82, 2.24) is 56.5 Å². The van der Waals surface area contributed by atoms with Crippen LogP contribution in [-0.2, 0) is 65.5 Å². The first kappa shape index (κ1) is 89.7. The molecule has 0 aliphatic carbocycles. The van der Waals surface area contributed by atoms with Crippen LogP contribution in [0.25, 0.3) is 0 Å². The number of nitrogens with zero attached hydrogens (tertiary/aromatic N) is 5. The molecule has 608 valence electrons. The number of alkyl halides is 3. The number of methoxy groups -OCH3 is 2. The van der Waals surface area contributed by atoms with Gasteiger partial charge in [0.05, 0.1) is 48.6 Å². The number of hydrogen-bond acceptors (Lipinski definition) is 17. The van der Waals surface area contributed by atoms with Crippen LogP contribution in [0.2, 0.25) is 0 Å². The summed E-state index contributed by atoms with van der Waals surface area (Å²) < 4.78 is 136. The molecule has 0 saturated carbocycles. The van der Waals surface area contributed by atoms with Gasteiger partial charge in [-0.1, -0.05) is 86.9 Å². The molecule has 0 radical (unpaired) electrons. The number of hydrogen-bond donors (Lipinski definition) is 8. The van der Waals surface area contributed by atoms with Crippen molar-refractivity contribution in [2.24, 2.45) is 41.2 Å². The molecular formula is C75H109F8N13O13. The number of nitrogens with two attached hydrogens (primary N) is 1. The Hall–Kier alpha value is -8.18. The van der Waals surface area contributed by atoms with E-state index in [0.717, 1.165) is 4.90 Å². The third-order valence-corrected chi connectivity index (χ3v) is 20.7. The van der Waals surface area contributed by atoms with Gasteiger partial charge >= 0.3 is 18.2 Å². The maximum Gasteiger partial charge on any atom is 0.404 e. The molecule has 6 rings (SSSR count). The molecule has 3 aliphatic heterocycles. The predicted octanol–water partition coefficient (Wildman–Crippen LogP) is 7.01. The number of anilines is 1. The summed E-state index contributed by atoms with van der Waals surface area (Å²) >= 11 is 0. The Labute approximate surface area is 631 Å². The number of epoxide rings is 1. The average Bonchev–Trinajstić information content (AvgIpc) is 1.76. The molecule has 0 spiro atoms. The maximum atomic E-state index is 14.7. The van der Waals surface area contributed by atoms with Crippen molar-refractivity contribution in [2.45, 2.75) is 219 Å². The molecule has 9 N–H and O–H groups in total. The van der Waals surface area contributed by atoms with Crippen LogP contribution < -0.4 is 47.7 Å². The van der Waals surface area contributed by atoms with E-state index in [2.05, 4.69) is 65.7 Å². The number of amides is 9. The van der Waals surface area contributed by atoms with E-state index in [-0.39, 0.29) is 106 Å². The van der Waals surface area contributed by atoms with E-state index in [1.807, 2.05) is 41.8 Å². The van der Waals surface area contributed by atoms with Gasteiger partial charge in [0.2, 0.25) is 76.2 Å². The van der Waals surface area contributed by atoms with Gasteiger partial charge in [0.15, 0.2) is 0 Å². The lowest BCUT2D eigenvalue weighted by Crippen LogP contribution is -2.58. The molecule has 0 bridgehead atoms.